The first kappa shape index (κ1) is 20.8. The van der Waals surface area contributed by atoms with Gasteiger partial charge in [0.1, 0.15) is 5.75 Å². The lowest BCUT2D eigenvalue weighted by molar-refractivity contribution is 0.172. The van der Waals surface area contributed by atoms with Crippen molar-refractivity contribution in [3.05, 3.63) is 40.4 Å². The van der Waals surface area contributed by atoms with Gasteiger partial charge in [-0.3, -0.25) is 4.90 Å². The van der Waals surface area contributed by atoms with E-state index in [0.29, 0.717) is 10.0 Å². The van der Waals surface area contributed by atoms with Crippen LogP contribution in [0.2, 0.25) is 10.0 Å². The van der Waals surface area contributed by atoms with Crippen molar-refractivity contribution in [3.63, 3.8) is 0 Å². The van der Waals surface area contributed by atoms with Crippen LogP contribution in [0.1, 0.15) is 18.0 Å². The number of hydrogen-bond donors (Lipinski definition) is 2. The molecule has 0 aromatic heterocycles. The maximum atomic E-state index is 10.2. The van der Waals surface area contributed by atoms with Crippen molar-refractivity contribution in [2.75, 3.05) is 26.2 Å². The monoisotopic (exact) mass is 372 g/mol. The minimum absolute atomic E-state index is 0. The molecular weight excluding hydrogens is 354 g/mol. The van der Waals surface area contributed by atoms with Crippen molar-refractivity contribution in [2.45, 2.75) is 12.5 Å². The number of aromatic hydroxyl groups is 1. The molecule has 0 aliphatic carbocycles. The molecule has 0 spiro atoms. The van der Waals surface area contributed by atoms with Crippen LogP contribution in [0.3, 0.4) is 0 Å². The van der Waals surface area contributed by atoms with Crippen molar-refractivity contribution in [1.29, 1.82) is 0 Å². The Morgan fingerprint density at radius 3 is 2.48 bits per heavy atom. The van der Waals surface area contributed by atoms with Crippen molar-refractivity contribution >= 4 is 48.0 Å². The average molecular weight is 374 g/mol. The summed E-state index contributed by atoms with van der Waals surface area (Å²) in [6.45, 7) is 7.56. The van der Waals surface area contributed by atoms with Crippen molar-refractivity contribution in [3.8, 4) is 5.75 Å². The third-order valence-corrected chi connectivity index (χ3v) is 3.91. The molecule has 21 heavy (non-hydrogen) atoms. The molecule has 0 amide bonds. The third kappa shape index (κ3) is 5.20. The molecule has 1 aliphatic rings. The summed E-state index contributed by atoms with van der Waals surface area (Å²) in [5, 5.41) is 14.3. The van der Waals surface area contributed by atoms with Crippen LogP contribution in [0, 0.1) is 0 Å². The predicted octanol–water partition coefficient (Wildman–Crippen LogP) is 4.07. The quantitative estimate of drug-likeness (QED) is 0.781. The molecule has 1 atom stereocenters. The van der Waals surface area contributed by atoms with Crippen molar-refractivity contribution in [2.24, 2.45) is 0 Å². The molecule has 0 unspecified atom stereocenters. The smallest absolute Gasteiger partial charge is 0.139 e. The fourth-order valence-electron chi connectivity index (χ4n) is 2.46. The fraction of sp³-hybridized carbons (Fsp3) is 0.429. The lowest BCUT2D eigenvalue weighted by Gasteiger charge is -2.35. The zero-order valence-electron chi connectivity index (χ0n) is 11.5. The highest BCUT2D eigenvalue weighted by atomic mass is 35.5. The molecule has 0 bridgehead atoms. The maximum Gasteiger partial charge on any atom is 0.139 e. The number of phenolic OH excluding ortho intramolecular Hbond substituents is 1. The van der Waals surface area contributed by atoms with E-state index in [2.05, 4.69) is 16.8 Å². The number of piperazine rings is 1. The summed E-state index contributed by atoms with van der Waals surface area (Å²) in [4.78, 5) is 2.32. The molecule has 2 rings (SSSR count). The van der Waals surface area contributed by atoms with Gasteiger partial charge < -0.3 is 10.4 Å². The SMILES string of the molecule is C=CC[C@H](c1cc(Cl)cc(Cl)c1O)N1CCNCC1.Cl.Cl. The minimum Gasteiger partial charge on any atom is -0.506 e. The first-order valence-electron chi connectivity index (χ1n) is 6.37. The van der Waals surface area contributed by atoms with Gasteiger partial charge in [-0.1, -0.05) is 29.3 Å². The Kier molecular flexibility index (Phi) is 9.70. The van der Waals surface area contributed by atoms with Crippen molar-refractivity contribution < 1.29 is 5.11 Å². The largest absolute Gasteiger partial charge is 0.506 e. The van der Waals surface area contributed by atoms with E-state index in [9.17, 15) is 5.11 Å². The Bertz CT molecular complexity index is 465. The highest BCUT2D eigenvalue weighted by Gasteiger charge is 2.24. The van der Waals surface area contributed by atoms with E-state index < -0.39 is 0 Å². The van der Waals surface area contributed by atoms with Gasteiger partial charge in [-0.15, -0.1) is 31.4 Å². The molecular formula is C14H20Cl4N2O. The van der Waals surface area contributed by atoms with Crippen LogP contribution in [-0.4, -0.2) is 36.2 Å². The summed E-state index contributed by atoms with van der Waals surface area (Å²) in [6, 6.07) is 3.42. The van der Waals surface area contributed by atoms with E-state index in [0.717, 1.165) is 38.2 Å². The molecule has 7 heteroatoms. The van der Waals surface area contributed by atoms with Crippen LogP contribution in [0.15, 0.2) is 24.8 Å². The van der Waals surface area contributed by atoms with Crippen LogP contribution >= 0.6 is 48.0 Å². The predicted molar refractivity (Wildman–Crippen MR) is 94.6 cm³/mol. The highest BCUT2D eigenvalue weighted by molar-refractivity contribution is 6.35. The zero-order chi connectivity index (χ0) is 13.8. The van der Waals surface area contributed by atoms with Crippen LogP contribution in [-0.2, 0) is 0 Å². The van der Waals surface area contributed by atoms with E-state index in [1.165, 1.54) is 0 Å². The molecule has 1 aromatic rings. The molecule has 0 saturated carbocycles. The highest BCUT2D eigenvalue weighted by Crippen LogP contribution is 2.38. The van der Waals surface area contributed by atoms with E-state index >= 15 is 0 Å². The Balaban J connectivity index is 0.00000200. The lowest BCUT2D eigenvalue weighted by atomic mass is 10.00. The summed E-state index contributed by atoms with van der Waals surface area (Å²) in [5.41, 5.74) is 0.777. The Morgan fingerprint density at radius 1 is 1.29 bits per heavy atom. The van der Waals surface area contributed by atoms with E-state index in [-0.39, 0.29) is 36.6 Å². The summed E-state index contributed by atoms with van der Waals surface area (Å²) in [7, 11) is 0. The molecule has 3 nitrogen and oxygen atoms in total. The van der Waals surface area contributed by atoms with E-state index in [1.807, 2.05) is 6.08 Å². The second kappa shape index (κ2) is 9.78. The number of hydrogen-bond acceptors (Lipinski definition) is 3. The van der Waals surface area contributed by atoms with Gasteiger partial charge in [0.2, 0.25) is 0 Å². The van der Waals surface area contributed by atoms with E-state index in [4.69, 9.17) is 23.2 Å². The normalized spacial score (nSPS) is 16.5. The molecule has 1 heterocycles. The molecule has 0 radical (unpaired) electrons. The number of rotatable bonds is 4. The van der Waals surface area contributed by atoms with Crippen LogP contribution in [0.25, 0.3) is 0 Å². The second-order valence-electron chi connectivity index (χ2n) is 4.65. The summed E-state index contributed by atoms with van der Waals surface area (Å²) < 4.78 is 0. The van der Waals surface area contributed by atoms with Crippen LogP contribution in [0.4, 0.5) is 0 Å². The van der Waals surface area contributed by atoms with Crippen LogP contribution in [0.5, 0.6) is 5.75 Å². The minimum atomic E-state index is 0. The lowest BCUT2D eigenvalue weighted by Crippen LogP contribution is -2.45. The molecule has 1 aromatic carbocycles. The Morgan fingerprint density at radius 2 is 1.90 bits per heavy atom. The van der Waals surface area contributed by atoms with Gasteiger partial charge in [-0.2, -0.15) is 0 Å². The molecule has 1 saturated heterocycles. The Hall–Kier alpha value is -0.160. The number of nitrogens with one attached hydrogen (secondary N) is 1. The topological polar surface area (TPSA) is 35.5 Å². The maximum absolute atomic E-state index is 10.2. The fourth-order valence-corrected chi connectivity index (χ4v) is 2.97. The molecule has 120 valence electrons. The standard InChI is InChI=1S/C14H18Cl2N2O.2ClH/c1-2-3-13(18-6-4-17-5-7-18)11-8-10(15)9-12(16)14(11)19;;/h2,8-9,13,17,19H,1,3-7H2;2*1H/t13-;;/m1../s1. The van der Waals surface area contributed by atoms with E-state index in [1.54, 1.807) is 12.1 Å². The van der Waals surface area contributed by atoms with Gasteiger partial charge in [-0.25, -0.2) is 0 Å². The summed E-state index contributed by atoms with van der Waals surface area (Å²) in [6.07, 6.45) is 2.62. The first-order valence-corrected chi connectivity index (χ1v) is 7.12. The van der Waals surface area contributed by atoms with Gasteiger partial charge in [0, 0.05) is 42.8 Å². The summed E-state index contributed by atoms with van der Waals surface area (Å²) >= 11 is 12.1. The molecule has 2 N–H and O–H groups in total. The number of benzene rings is 1. The second-order valence-corrected chi connectivity index (χ2v) is 5.50. The zero-order valence-corrected chi connectivity index (χ0v) is 14.7. The number of phenols is 1. The van der Waals surface area contributed by atoms with Gasteiger partial charge in [0.25, 0.3) is 0 Å². The molecule has 1 aliphatic heterocycles. The van der Waals surface area contributed by atoms with Gasteiger partial charge in [0.05, 0.1) is 5.02 Å². The number of halogens is 4. The first-order chi connectivity index (χ1) is 9.13. The Labute approximate surface area is 148 Å². The van der Waals surface area contributed by atoms with Crippen LogP contribution < -0.4 is 5.32 Å². The summed E-state index contributed by atoms with van der Waals surface area (Å²) in [5.74, 6) is 0.122. The molecule has 1 fully saturated rings. The van der Waals surface area contributed by atoms with Gasteiger partial charge in [0.15, 0.2) is 0 Å². The average Bonchev–Trinajstić information content (AvgIpc) is 2.41. The van der Waals surface area contributed by atoms with Crippen molar-refractivity contribution in [1.82, 2.24) is 10.2 Å². The van der Waals surface area contributed by atoms with Gasteiger partial charge >= 0.3 is 0 Å². The van der Waals surface area contributed by atoms with Gasteiger partial charge in [-0.05, 0) is 18.6 Å². The number of nitrogens with zero attached hydrogens (tertiary/aromatic N) is 1. The third-order valence-electron chi connectivity index (χ3n) is 3.40.